The molecule has 4 nitrogen and oxygen atoms in total. The van der Waals surface area contributed by atoms with Crippen LogP contribution in [0.5, 0.6) is 11.5 Å². The Hall–Kier alpha value is -2.14. The van der Waals surface area contributed by atoms with Crippen LogP contribution in [0.25, 0.3) is 0 Å². The second-order valence-electron chi connectivity index (χ2n) is 9.28. The minimum atomic E-state index is -1.11. The maximum atomic E-state index is 10.1. The van der Waals surface area contributed by atoms with Crippen molar-refractivity contribution in [3.63, 3.8) is 0 Å². The lowest BCUT2D eigenvalue weighted by Gasteiger charge is -2.15. The van der Waals surface area contributed by atoms with Gasteiger partial charge in [0.2, 0.25) is 0 Å². The molecule has 1 aromatic carbocycles. The van der Waals surface area contributed by atoms with Crippen molar-refractivity contribution >= 4 is 0 Å². The summed E-state index contributed by atoms with van der Waals surface area (Å²) in [4.78, 5) is 0. The van der Waals surface area contributed by atoms with Crippen LogP contribution in [-0.2, 0) is 0 Å². The third-order valence-corrected chi connectivity index (χ3v) is 4.60. The molecular weight excluding hydrogens is 400 g/mol. The normalized spacial score (nSPS) is 11.2. The molecular formula is C28H42O4. The molecule has 2 N–H and O–H groups in total. The number of unbranched alkanes of at least 4 members (excludes halogenated alkanes) is 6. The summed E-state index contributed by atoms with van der Waals surface area (Å²) in [6.45, 7) is 12.2. The molecule has 0 aromatic heterocycles. The van der Waals surface area contributed by atoms with Gasteiger partial charge < -0.3 is 19.7 Å². The van der Waals surface area contributed by atoms with Crippen molar-refractivity contribution in [2.45, 2.75) is 104 Å². The highest BCUT2D eigenvalue weighted by atomic mass is 16.5. The van der Waals surface area contributed by atoms with Gasteiger partial charge in [0.15, 0.2) is 0 Å². The molecule has 32 heavy (non-hydrogen) atoms. The van der Waals surface area contributed by atoms with E-state index in [4.69, 9.17) is 9.47 Å². The van der Waals surface area contributed by atoms with Crippen LogP contribution in [0.3, 0.4) is 0 Å². The van der Waals surface area contributed by atoms with E-state index in [0.29, 0.717) is 35.8 Å². The van der Waals surface area contributed by atoms with Gasteiger partial charge in [-0.1, -0.05) is 76.1 Å². The SMILES string of the molecule is CCCCCCOc1cc(C#CC(C)(C)O)c(OCCCCCC)cc1C#CC(C)(C)O. The van der Waals surface area contributed by atoms with E-state index >= 15 is 0 Å². The summed E-state index contributed by atoms with van der Waals surface area (Å²) in [6.07, 6.45) is 8.87. The third-order valence-electron chi connectivity index (χ3n) is 4.60. The molecule has 0 bridgehead atoms. The molecule has 1 aromatic rings. The molecule has 178 valence electrons. The van der Waals surface area contributed by atoms with Crippen LogP contribution in [0.1, 0.15) is 104 Å². The number of benzene rings is 1. The summed E-state index contributed by atoms with van der Waals surface area (Å²) in [5, 5.41) is 20.1. The van der Waals surface area contributed by atoms with E-state index in [1.165, 1.54) is 25.7 Å². The molecule has 0 aliphatic rings. The first-order valence-corrected chi connectivity index (χ1v) is 12.0. The van der Waals surface area contributed by atoms with Gasteiger partial charge in [0, 0.05) is 12.1 Å². The minimum Gasteiger partial charge on any atom is -0.492 e. The topological polar surface area (TPSA) is 58.9 Å². The Morgan fingerprint density at radius 3 is 1.34 bits per heavy atom. The lowest BCUT2D eigenvalue weighted by Crippen LogP contribution is -2.15. The van der Waals surface area contributed by atoms with E-state index in [1.807, 2.05) is 12.1 Å². The molecule has 1 rings (SSSR count). The molecule has 0 aliphatic carbocycles. The van der Waals surface area contributed by atoms with E-state index in [2.05, 4.69) is 37.5 Å². The second kappa shape index (κ2) is 14.1. The van der Waals surface area contributed by atoms with Crippen LogP contribution >= 0.6 is 0 Å². The minimum absolute atomic E-state index is 0.590. The van der Waals surface area contributed by atoms with Gasteiger partial charge in [-0.05, 0) is 40.5 Å². The highest BCUT2D eigenvalue weighted by molar-refractivity contribution is 5.59. The zero-order valence-electron chi connectivity index (χ0n) is 20.9. The Labute approximate surface area is 195 Å². The largest absolute Gasteiger partial charge is 0.492 e. The molecule has 0 spiro atoms. The molecule has 0 fully saturated rings. The predicted octanol–water partition coefficient (Wildman–Crippen LogP) is 5.85. The van der Waals surface area contributed by atoms with Crippen LogP contribution in [-0.4, -0.2) is 34.6 Å². The molecule has 0 heterocycles. The average molecular weight is 443 g/mol. The first-order chi connectivity index (χ1) is 15.1. The summed E-state index contributed by atoms with van der Waals surface area (Å²) in [7, 11) is 0. The van der Waals surface area contributed by atoms with E-state index in [-0.39, 0.29) is 0 Å². The Morgan fingerprint density at radius 2 is 1.03 bits per heavy atom. The maximum Gasteiger partial charge on any atom is 0.136 e. The highest BCUT2D eigenvalue weighted by Crippen LogP contribution is 2.29. The van der Waals surface area contributed by atoms with E-state index in [9.17, 15) is 10.2 Å². The van der Waals surface area contributed by atoms with Gasteiger partial charge in [-0.3, -0.25) is 0 Å². The van der Waals surface area contributed by atoms with E-state index < -0.39 is 11.2 Å². The number of ether oxygens (including phenoxy) is 2. The van der Waals surface area contributed by atoms with Crippen molar-refractivity contribution in [1.82, 2.24) is 0 Å². The van der Waals surface area contributed by atoms with Gasteiger partial charge in [0.1, 0.15) is 22.7 Å². The summed E-state index contributed by atoms with van der Waals surface area (Å²) in [5.41, 5.74) is -0.891. The molecule has 0 unspecified atom stereocenters. The quantitative estimate of drug-likeness (QED) is 0.315. The number of hydrogen-bond donors (Lipinski definition) is 2. The number of aliphatic hydroxyl groups is 2. The summed E-state index contributed by atoms with van der Waals surface area (Å²) < 4.78 is 12.1. The Morgan fingerprint density at radius 1 is 0.656 bits per heavy atom. The van der Waals surface area contributed by atoms with Crippen molar-refractivity contribution in [3.05, 3.63) is 23.3 Å². The van der Waals surface area contributed by atoms with Crippen molar-refractivity contribution in [3.8, 4) is 35.2 Å². The molecule has 0 atom stereocenters. The zero-order valence-corrected chi connectivity index (χ0v) is 20.9. The van der Waals surface area contributed by atoms with Crippen molar-refractivity contribution in [2.75, 3.05) is 13.2 Å². The van der Waals surface area contributed by atoms with Crippen LogP contribution < -0.4 is 9.47 Å². The first kappa shape index (κ1) is 27.9. The standard InChI is InChI=1S/C28H42O4/c1-7-9-11-13-19-31-25-21-24(16-18-28(5,6)30)26(32-20-14-12-10-8-2)22-23(25)15-17-27(3,4)29/h21-22,29-30H,7-14,19-20H2,1-6H3. The smallest absolute Gasteiger partial charge is 0.136 e. The molecule has 4 heteroatoms. The van der Waals surface area contributed by atoms with Gasteiger partial charge in [-0.2, -0.15) is 0 Å². The third kappa shape index (κ3) is 12.7. The average Bonchev–Trinajstić information content (AvgIpc) is 2.70. The van der Waals surface area contributed by atoms with Crippen LogP contribution in [0.4, 0.5) is 0 Å². The monoisotopic (exact) mass is 442 g/mol. The molecule has 0 aliphatic heterocycles. The predicted molar refractivity (Wildman–Crippen MR) is 132 cm³/mol. The molecule has 0 saturated carbocycles. The summed E-state index contributed by atoms with van der Waals surface area (Å²) in [6, 6.07) is 3.68. The molecule has 0 amide bonds. The van der Waals surface area contributed by atoms with E-state index in [1.54, 1.807) is 27.7 Å². The fraction of sp³-hybridized carbons (Fsp3) is 0.643. The van der Waals surface area contributed by atoms with Crippen molar-refractivity contribution in [2.24, 2.45) is 0 Å². The Balaban J connectivity index is 3.26. The molecule has 0 saturated heterocycles. The zero-order chi connectivity index (χ0) is 24.0. The van der Waals surface area contributed by atoms with Crippen molar-refractivity contribution < 1.29 is 19.7 Å². The van der Waals surface area contributed by atoms with Gasteiger partial charge in [0.25, 0.3) is 0 Å². The van der Waals surface area contributed by atoms with Crippen LogP contribution in [0.2, 0.25) is 0 Å². The Bertz CT molecular complexity index is 735. The number of hydrogen-bond acceptors (Lipinski definition) is 4. The lowest BCUT2D eigenvalue weighted by atomic mass is 10.1. The lowest BCUT2D eigenvalue weighted by molar-refractivity contribution is 0.143. The van der Waals surface area contributed by atoms with E-state index in [0.717, 1.165) is 25.7 Å². The first-order valence-electron chi connectivity index (χ1n) is 12.0. The fourth-order valence-corrected chi connectivity index (χ4v) is 2.86. The fourth-order valence-electron chi connectivity index (χ4n) is 2.86. The van der Waals surface area contributed by atoms with Crippen LogP contribution in [0.15, 0.2) is 12.1 Å². The summed E-state index contributed by atoms with van der Waals surface area (Å²) in [5.74, 6) is 13.1. The molecule has 0 radical (unpaired) electrons. The second-order valence-corrected chi connectivity index (χ2v) is 9.28. The summed E-state index contributed by atoms with van der Waals surface area (Å²) >= 11 is 0. The maximum absolute atomic E-state index is 10.1. The van der Waals surface area contributed by atoms with Gasteiger partial charge in [-0.15, -0.1) is 0 Å². The highest BCUT2D eigenvalue weighted by Gasteiger charge is 2.14. The van der Waals surface area contributed by atoms with Crippen molar-refractivity contribution in [1.29, 1.82) is 0 Å². The Kier molecular flexibility index (Phi) is 12.3. The number of rotatable bonds is 12. The van der Waals surface area contributed by atoms with Gasteiger partial charge >= 0.3 is 0 Å². The van der Waals surface area contributed by atoms with Crippen LogP contribution in [0, 0.1) is 23.7 Å². The van der Waals surface area contributed by atoms with Gasteiger partial charge in [0.05, 0.1) is 24.3 Å². The van der Waals surface area contributed by atoms with Gasteiger partial charge in [-0.25, -0.2) is 0 Å².